The molecule has 0 atom stereocenters. The van der Waals surface area contributed by atoms with E-state index in [2.05, 4.69) is 10.2 Å². The van der Waals surface area contributed by atoms with Gasteiger partial charge in [-0.3, -0.25) is 9.36 Å². The average molecular weight is 458 g/mol. The molecule has 2 heterocycles. The van der Waals surface area contributed by atoms with Gasteiger partial charge in [0.05, 0.1) is 16.3 Å². The number of hydrogen-bond acceptors (Lipinski definition) is 6. The third kappa shape index (κ3) is 4.65. The summed E-state index contributed by atoms with van der Waals surface area (Å²) in [6.45, 7) is 3.32. The third-order valence-corrected chi connectivity index (χ3v) is 8.03. The van der Waals surface area contributed by atoms with Crippen molar-refractivity contribution in [2.75, 3.05) is 31.9 Å². The fourth-order valence-electron chi connectivity index (χ4n) is 3.46. The zero-order chi connectivity index (χ0) is 21.8. The van der Waals surface area contributed by atoms with Crippen molar-refractivity contribution in [3.63, 3.8) is 0 Å². The van der Waals surface area contributed by atoms with Crippen molar-refractivity contribution in [1.82, 2.24) is 24.0 Å². The molecule has 8 nitrogen and oxygen atoms in total. The zero-order valence-electron chi connectivity index (χ0n) is 17.1. The number of sulfonamides is 1. The third-order valence-electron chi connectivity index (χ3n) is 5.19. The van der Waals surface area contributed by atoms with Gasteiger partial charge in [-0.25, -0.2) is 8.42 Å². The topological polar surface area (TPSA) is 88.4 Å². The van der Waals surface area contributed by atoms with Crippen LogP contribution < -0.4 is 0 Å². The first-order valence-corrected chi connectivity index (χ1v) is 12.3. The van der Waals surface area contributed by atoms with Gasteiger partial charge in [0, 0.05) is 26.2 Å². The summed E-state index contributed by atoms with van der Waals surface area (Å²) in [7, 11) is -3.53. The number of para-hydroxylation sites is 1. The van der Waals surface area contributed by atoms with Gasteiger partial charge in [0.25, 0.3) is 0 Å². The molecule has 0 N–H and O–H groups in total. The lowest BCUT2D eigenvalue weighted by Crippen LogP contribution is -2.50. The molecule has 2 aromatic carbocycles. The van der Waals surface area contributed by atoms with Gasteiger partial charge in [0.15, 0.2) is 5.16 Å². The predicted molar refractivity (Wildman–Crippen MR) is 119 cm³/mol. The first-order chi connectivity index (χ1) is 15.0. The highest BCUT2D eigenvalue weighted by Gasteiger charge is 2.30. The van der Waals surface area contributed by atoms with Crippen LogP contribution in [0.2, 0.25) is 0 Å². The summed E-state index contributed by atoms with van der Waals surface area (Å²) in [6.07, 6.45) is 1.64. The molecule has 0 aliphatic carbocycles. The maximum Gasteiger partial charge on any atom is 0.243 e. The molecule has 0 unspecified atom stereocenters. The Morgan fingerprint density at radius 3 is 2.39 bits per heavy atom. The second-order valence-corrected chi connectivity index (χ2v) is 10.0. The van der Waals surface area contributed by atoms with Gasteiger partial charge >= 0.3 is 0 Å². The predicted octanol–water partition coefficient (Wildman–Crippen LogP) is 2.20. The van der Waals surface area contributed by atoms with Gasteiger partial charge < -0.3 is 4.90 Å². The Bertz CT molecular complexity index is 1160. The van der Waals surface area contributed by atoms with E-state index in [-0.39, 0.29) is 29.6 Å². The maximum atomic E-state index is 12.7. The molecule has 10 heteroatoms. The molecular weight excluding hydrogens is 434 g/mol. The Balaban J connectivity index is 1.35. The van der Waals surface area contributed by atoms with Crippen LogP contribution in [-0.4, -0.2) is 70.2 Å². The minimum atomic E-state index is -3.53. The Labute approximate surface area is 185 Å². The lowest BCUT2D eigenvalue weighted by molar-refractivity contribution is -0.129. The van der Waals surface area contributed by atoms with E-state index in [1.807, 2.05) is 35.8 Å². The number of aryl methyl sites for hydroxylation is 1. The zero-order valence-corrected chi connectivity index (χ0v) is 18.7. The van der Waals surface area contributed by atoms with Gasteiger partial charge in [-0.1, -0.05) is 48.2 Å². The molecule has 0 spiro atoms. The minimum absolute atomic E-state index is 0.0407. The minimum Gasteiger partial charge on any atom is -0.339 e. The summed E-state index contributed by atoms with van der Waals surface area (Å²) in [5.74, 6) is 0.178. The van der Waals surface area contributed by atoms with Gasteiger partial charge in [-0.05, 0) is 30.7 Å². The van der Waals surface area contributed by atoms with Crippen LogP contribution in [0.15, 0.2) is 71.0 Å². The van der Waals surface area contributed by atoms with Crippen LogP contribution in [0.1, 0.15) is 5.56 Å². The molecule has 31 heavy (non-hydrogen) atoms. The summed E-state index contributed by atoms with van der Waals surface area (Å²) >= 11 is 1.33. The van der Waals surface area contributed by atoms with Gasteiger partial charge in [-0.15, -0.1) is 10.2 Å². The van der Waals surface area contributed by atoms with Crippen LogP contribution in [-0.2, 0) is 14.8 Å². The number of hydrogen-bond donors (Lipinski definition) is 0. The lowest BCUT2D eigenvalue weighted by Gasteiger charge is -2.34. The van der Waals surface area contributed by atoms with Gasteiger partial charge in [-0.2, -0.15) is 4.31 Å². The van der Waals surface area contributed by atoms with Crippen molar-refractivity contribution in [3.8, 4) is 5.69 Å². The molecule has 1 fully saturated rings. The summed E-state index contributed by atoms with van der Waals surface area (Å²) in [4.78, 5) is 14.7. The molecular formula is C21H23N5O3S2. The first-order valence-electron chi connectivity index (χ1n) is 9.88. The van der Waals surface area contributed by atoms with E-state index in [1.54, 1.807) is 41.6 Å². The maximum absolute atomic E-state index is 12.7. The molecule has 1 aliphatic rings. The van der Waals surface area contributed by atoms with Crippen LogP contribution in [0.3, 0.4) is 0 Å². The molecule has 162 valence electrons. The quantitative estimate of drug-likeness (QED) is 0.528. The van der Waals surface area contributed by atoms with Crippen molar-refractivity contribution < 1.29 is 13.2 Å². The fraction of sp³-hybridized carbons (Fsp3) is 0.286. The van der Waals surface area contributed by atoms with Gasteiger partial charge in [0.1, 0.15) is 6.33 Å². The van der Waals surface area contributed by atoms with Gasteiger partial charge in [0.2, 0.25) is 15.9 Å². The van der Waals surface area contributed by atoms with Crippen molar-refractivity contribution in [2.45, 2.75) is 17.0 Å². The van der Waals surface area contributed by atoms with E-state index in [1.165, 1.54) is 16.1 Å². The first kappa shape index (κ1) is 21.5. The van der Waals surface area contributed by atoms with Crippen LogP contribution >= 0.6 is 11.8 Å². The van der Waals surface area contributed by atoms with E-state index >= 15 is 0 Å². The Hall–Kier alpha value is -2.69. The SMILES string of the molecule is Cc1ccccc1-n1cnnc1SCC(=O)N1CCN(S(=O)(=O)c2ccccc2)CC1. The van der Waals surface area contributed by atoms with Crippen LogP contribution in [0, 0.1) is 6.92 Å². The summed E-state index contributed by atoms with van der Waals surface area (Å²) in [5.41, 5.74) is 2.06. The van der Waals surface area contributed by atoms with E-state index in [0.717, 1.165) is 11.3 Å². The van der Waals surface area contributed by atoms with Crippen molar-refractivity contribution in [1.29, 1.82) is 0 Å². The molecule has 1 amide bonds. The summed E-state index contributed by atoms with van der Waals surface area (Å²) < 4.78 is 28.8. The van der Waals surface area contributed by atoms with E-state index in [4.69, 9.17) is 0 Å². The number of nitrogens with zero attached hydrogens (tertiary/aromatic N) is 5. The van der Waals surface area contributed by atoms with Crippen molar-refractivity contribution in [3.05, 3.63) is 66.5 Å². The highest BCUT2D eigenvalue weighted by Crippen LogP contribution is 2.23. The molecule has 0 saturated carbocycles. The molecule has 0 radical (unpaired) electrons. The number of aromatic nitrogens is 3. The number of amides is 1. The molecule has 1 aliphatic heterocycles. The molecule has 4 rings (SSSR count). The molecule has 3 aromatic rings. The van der Waals surface area contributed by atoms with E-state index in [9.17, 15) is 13.2 Å². The number of carbonyl (C=O) groups is 1. The van der Waals surface area contributed by atoms with E-state index in [0.29, 0.717) is 18.2 Å². The van der Waals surface area contributed by atoms with Crippen LogP contribution in [0.5, 0.6) is 0 Å². The standard InChI is InChI=1S/C21H23N5O3S2/c1-17-7-5-6-10-19(17)26-16-22-23-21(26)30-15-20(27)24-11-13-25(14-12-24)31(28,29)18-8-3-2-4-9-18/h2-10,16H,11-15H2,1H3. The number of carbonyl (C=O) groups excluding carboxylic acids is 1. The fourth-order valence-corrected chi connectivity index (χ4v) is 5.73. The molecule has 0 bridgehead atoms. The Morgan fingerprint density at radius 2 is 1.68 bits per heavy atom. The second-order valence-electron chi connectivity index (χ2n) is 7.16. The number of thioether (sulfide) groups is 1. The smallest absolute Gasteiger partial charge is 0.243 e. The van der Waals surface area contributed by atoms with Crippen molar-refractivity contribution >= 4 is 27.7 Å². The second kappa shape index (κ2) is 9.21. The molecule has 1 aromatic heterocycles. The van der Waals surface area contributed by atoms with Crippen LogP contribution in [0.4, 0.5) is 0 Å². The highest BCUT2D eigenvalue weighted by molar-refractivity contribution is 7.99. The monoisotopic (exact) mass is 457 g/mol. The van der Waals surface area contributed by atoms with Crippen molar-refractivity contribution in [2.24, 2.45) is 0 Å². The number of piperazine rings is 1. The normalized spacial score (nSPS) is 15.2. The van der Waals surface area contributed by atoms with E-state index < -0.39 is 10.0 Å². The number of benzene rings is 2. The van der Waals surface area contributed by atoms with Crippen LogP contribution in [0.25, 0.3) is 5.69 Å². The summed E-state index contributed by atoms with van der Waals surface area (Å²) in [5, 5.41) is 8.78. The molecule has 1 saturated heterocycles. The largest absolute Gasteiger partial charge is 0.339 e. The Morgan fingerprint density at radius 1 is 1.00 bits per heavy atom. The summed E-state index contributed by atoms with van der Waals surface area (Å²) in [6, 6.07) is 16.3. The Kier molecular flexibility index (Phi) is 6.40. The average Bonchev–Trinajstić information content (AvgIpc) is 3.27. The number of rotatable bonds is 6. The highest BCUT2D eigenvalue weighted by atomic mass is 32.2. The lowest BCUT2D eigenvalue weighted by atomic mass is 10.2.